The summed E-state index contributed by atoms with van der Waals surface area (Å²) in [7, 11) is 1.65. The van der Waals surface area contributed by atoms with Gasteiger partial charge in [0.2, 0.25) is 11.8 Å². The van der Waals surface area contributed by atoms with Crippen LogP contribution in [0.2, 0.25) is 0 Å². The molecule has 0 aromatic heterocycles. The molecule has 1 aromatic carbocycles. The van der Waals surface area contributed by atoms with Crippen LogP contribution in [-0.4, -0.2) is 71.2 Å². The van der Waals surface area contributed by atoms with Gasteiger partial charge < -0.3 is 14.7 Å². The maximum absolute atomic E-state index is 12.7. The highest BCUT2D eigenvalue weighted by Crippen LogP contribution is 2.22. The van der Waals surface area contributed by atoms with Crippen molar-refractivity contribution in [1.29, 1.82) is 0 Å². The highest BCUT2D eigenvalue weighted by Gasteiger charge is 2.45. The first-order chi connectivity index (χ1) is 11.4. The monoisotopic (exact) mass is 329 g/mol. The fraction of sp³-hybridized carbons (Fsp3) is 0.500. The number of hydrogen-bond donors (Lipinski definition) is 0. The summed E-state index contributed by atoms with van der Waals surface area (Å²) >= 11 is 0. The molecule has 1 aromatic rings. The van der Waals surface area contributed by atoms with Crippen LogP contribution in [0.15, 0.2) is 24.3 Å². The van der Waals surface area contributed by atoms with E-state index in [-0.39, 0.29) is 24.3 Å². The van der Waals surface area contributed by atoms with Crippen LogP contribution in [-0.2, 0) is 16.0 Å². The third kappa shape index (κ3) is 2.66. The number of amides is 3. The average Bonchev–Trinajstić information content (AvgIpc) is 2.63. The second-order valence-electron chi connectivity index (χ2n) is 6.47. The zero-order valence-corrected chi connectivity index (χ0v) is 14.4. The fourth-order valence-corrected chi connectivity index (χ4v) is 3.34. The SMILES string of the molecule is CCc1ccc(C(=O)N2CCN3C(=O)[C@H](C)N(C)C(=O)[C@H]3C2)cc1. The highest BCUT2D eigenvalue weighted by molar-refractivity contribution is 5.99. The Bertz CT molecular complexity index is 671. The summed E-state index contributed by atoms with van der Waals surface area (Å²) in [5, 5.41) is 0. The second kappa shape index (κ2) is 6.26. The van der Waals surface area contributed by atoms with Gasteiger partial charge >= 0.3 is 0 Å². The van der Waals surface area contributed by atoms with Gasteiger partial charge in [0.15, 0.2) is 0 Å². The van der Waals surface area contributed by atoms with Crippen LogP contribution in [0.25, 0.3) is 0 Å². The van der Waals surface area contributed by atoms with Gasteiger partial charge in [-0.25, -0.2) is 0 Å². The number of fused-ring (bicyclic) bond motifs is 1. The van der Waals surface area contributed by atoms with Gasteiger partial charge in [0.05, 0.1) is 6.54 Å². The minimum atomic E-state index is -0.564. The predicted octanol–water partition coefficient (Wildman–Crippen LogP) is 0.763. The van der Waals surface area contributed by atoms with Crippen molar-refractivity contribution in [3.63, 3.8) is 0 Å². The number of hydrogen-bond acceptors (Lipinski definition) is 3. The molecular weight excluding hydrogens is 306 g/mol. The van der Waals surface area contributed by atoms with E-state index in [4.69, 9.17) is 0 Å². The Morgan fingerprint density at radius 3 is 2.42 bits per heavy atom. The fourth-order valence-electron chi connectivity index (χ4n) is 3.34. The van der Waals surface area contributed by atoms with Gasteiger partial charge in [-0.2, -0.15) is 0 Å². The van der Waals surface area contributed by atoms with Crippen LogP contribution < -0.4 is 0 Å². The van der Waals surface area contributed by atoms with Crippen LogP contribution >= 0.6 is 0 Å². The molecule has 128 valence electrons. The second-order valence-corrected chi connectivity index (χ2v) is 6.47. The maximum Gasteiger partial charge on any atom is 0.253 e. The van der Waals surface area contributed by atoms with E-state index in [2.05, 4.69) is 6.92 Å². The number of aryl methyl sites for hydroxylation is 1. The molecule has 0 saturated carbocycles. The maximum atomic E-state index is 12.7. The molecule has 2 heterocycles. The van der Waals surface area contributed by atoms with E-state index in [0.29, 0.717) is 18.7 Å². The van der Waals surface area contributed by atoms with Gasteiger partial charge in [-0.3, -0.25) is 14.4 Å². The minimum Gasteiger partial charge on any atom is -0.334 e. The van der Waals surface area contributed by atoms with Crippen molar-refractivity contribution < 1.29 is 14.4 Å². The van der Waals surface area contributed by atoms with E-state index < -0.39 is 12.1 Å². The lowest BCUT2D eigenvalue weighted by atomic mass is 10.0. The molecule has 0 spiro atoms. The number of benzene rings is 1. The van der Waals surface area contributed by atoms with Crippen molar-refractivity contribution in [3.8, 4) is 0 Å². The number of likely N-dealkylation sites (N-methyl/N-ethyl adjacent to an activating group) is 1. The normalized spacial score (nSPS) is 24.2. The Morgan fingerprint density at radius 2 is 1.79 bits per heavy atom. The van der Waals surface area contributed by atoms with E-state index in [1.165, 1.54) is 10.5 Å². The molecule has 0 aliphatic carbocycles. The largest absolute Gasteiger partial charge is 0.334 e. The lowest BCUT2D eigenvalue weighted by Gasteiger charge is -2.47. The first-order valence-electron chi connectivity index (χ1n) is 8.39. The molecule has 0 radical (unpaired) electrons. The molecule has 2 aliphatic heterocycles. The van der Waals surface area contributed by atoms with Crippen molar-refractivity contribution in [3.05, 3.63) is 35.4 Å². The number of nitrogens with zero attached hydrogens (tertiary/aromatic N) is 3. The molecule has 2 aliphatic rings. The van der Waals surface area contributed by atoms with E-state index >= 15 is 0 Å². The lowest BCUT2D eigenvalue weighted by Crippen LogP contribution is -2.69. The zero-order valence-electron chi connectivity index (χ0n) is 14.4. The molecule has 0 unspecified atom stereocenters. The molecular formula is C18H23N3O3. The van der Waals surface area contributed by atoms with Gasteiger partial charge in [0, 0.05) is 25.7 Å². The van der Waals surface area contributed by atoms with Crippen molar-refractivity contribution >= 4 is 17.7 Å². The Morgan fingerprint density at radius 1 is 1.12 bits per heavy atom. The summed E-state index contributed by atoms with van der Waals surface area (Å²) in [5.41, 5.74) is 1.80. The zero-order chi connectivity index (χ0) is 17.4. The van der Waals surface area contributed by atoms with Crippen LogP contribution in [0.4, 0.5) is 0 Å². The molecule has 6 heteroatoms. The Balaban J connectivity index is 1.77. The molecule has 3 rings (SSSR count). The molecule has 3 amide bonds. The van der Waals surface area contributed by atoms with E-state index in [1.54, 1.807) is 23.8 Å². The van der Waals surface area contributed by atoms with E-state index in [9.17, 15) is 14.4 Å². The molecule has 2 fully saturated rings. The van der Waals surface area contributed by atoms with Gasteiger partial charge in [-0.1, -0.05) is 19.1 Å². The number of rotatable bonds is 2. The molecule has 24 heavy (non-hydrogen) atoms. The molecule has 0 N–H and O–H groups in total. The molecule has 2 saturated heterocycles. The third-order valence-electron chi connectivity index (χ3n) is 5.13. The van der Waals surface area contributed by atoms with Gasteiger partial charge in [-0.05, 0) is 31.0 Å². The predicted molar refractivity (Wildman–Crippen MR) is 89.5 cm³/mol. The van der Waals surface area contributed by atoms with Gasteiger partial charge in [-0.15, -0.1) is 0 Å². The Kier molecular flexibility index (Phi) is 4.30. The topological polar surface area (TPSA) is 60.9 Å². The van der Waals surface area contributed by atoms with Gasteiger partial charge in [0.1, 0.15) is 12.1 Å². The third-order valence-corrected chi connectivity index (χ3v) is 5.13. The first kappa shape index (κ1) is 16.5. The van der Waals surface area contributed by atoms with Gasteiger partial charge in [0.25, 0.3) is 5.91 Å². The number of carbonyl (C=O) groups is 3. The summed E-state index contributed by atoms with van der Waals surface area (Å²) in [6.07, 6.45) is 0.927. The minimum absolute atomic E-state index is 0.0403. The smallest absolute Gasteiger partial charge is 0.253 e. The summed E-state index contributed by atoms with van der Waals surface area (Å²) < 4.78 is 0. The summed E-state index contributed by atoms with van der Waals surface area (Å²) in [4.78, 5) is 42.3. The van der Waals surface area contributed by atoms with Crippen LogP contribution in [0.3, 0.4) is 0 Å². The highest BCUT2D eigenvalue weighted by atomic mass is 16.2. The van der Waals surface area contributed by atoms with Crippen LogP contribution in [0.5, 0.6) is 0 Å². The van der Waals surface area contributed by atoms with Crippen LogP contribution in [0, 0.1) is 0 Å². The Hall–Kier alpha value is -2.37. The van der Waals surface area contributed by atoms with Crippen molar-refractivity contribution in [2.45, 2.75) is 32.4 Å². The van der Waals surface area contributed by atoms with Crippen LogP contribution in [0.1, 0.15) is 29.8 Å². The van der Waals surface area contributed by atoms with Crippen molar-refractivity contribution in [2.75, 3.05) is 26.7 Å². The van der Waals surface area contributed by atoms with E-state index in [0.717, 1.165) is 6.42 Å². The standard InChI is InChI=1S/C18H23N3O3/c1-4-13-5-7-14(8-6-13)17(23)20-9-10-21-15(11-20)18(24)19(3)12(2)16(21)22/h5-8,12,15H,4,9-11H2,1-3H3/t12-,15+/m0/s1. The Labute approximate surface area is 142 Å². The summed E-state index contributed by atoms with van der Waals surface area (Å²) in [6.45, 7) is 4.94. The van der Waals surface area contributed by atoms with Crippen molar-refractivity contribution in [2.24, 2.45) is 0 Å². The summed E-state index contributed by atoms with van der Waals surface area (Å²) in [5.74, 6) is -0.221. The quantitative estimate of drug-likeness (QED) is 0.805. The first-order valence-corrected chi connectivity index (χ1v) is 8.39. The summed E-state index contributed by atoms with van der Waals surface area (Å²) in [6, 6.07) is 6.57. The number of carbonyl (C=O) groups excluding carboxylic acids is 3. The van der Waals surface area contributed by atoms with E-state index in [1.807, 2.05) is 24.3 Å². The van der Waals surface area contributed by atoms with Crippen molar-refractivity contribution in [1.82, 2.24) is 14.7 Å². The average molecular weight is 329 g/mol. The molecule has 0 bridgehead atoms. The molecule has 2 atom stereocenters. The molecule has 6 nitrogen and oxygen atoms in total. The number of piperazine rings is 2. The lowest BCUT2D eigenvalue weighted by molar-refractivity contribution is -0.162.